The number of hydrogen-bond acceptors (Lipinski definition) is 3. The third-order valence-corrected chi connectivity index (χ3v) is 3.74. The molecule has 0 spiro atoms. The minimum absolute atomic E-state index is 0.00593. The molecule has 0 bridgehead atoms. The highest BCUT2D eigenvalue weighted by atomic mass is 16.3. The van der Waals surface area contributed by atoms with Crippen molar-refractivity contribution < 1.29 is 15.3 Å². The summed E-state index contributed by atoms with van der Waals surface area (Å²) in [5.74, 6) is 0.825. The molecule has 0 amide bonds. The molecule has 1 saturated carbocycles. The molecule has 0 radical (unpaired) electrons. The molecule has 1 aliphatic rings. The third kappa shape index (κ3) is 8.90. The zero-order chi connectivity index (χ0) is 14.0. The Morgan fingerprint density at radius 2 is 1.28 bits per heavy atom. The summed E-state index contributed by atoms with van der Waals surface area (Å²) >= 11 is 0. The quantitative estimate of drug-likeness (QED) is 0.681. The van der Waals surface area contributed by atoms with Gasteiger partial charge in [-0.15, -0.1) is 0 Å². The van der Waals surface area contributed by atoms with Gasteiger partial charge in [0.15, 0.2) is 0 Å². The number of aliphatic hydroxyl groups is 3. The van der Waals surface area contributed by atoms with Crippen molar-refractivity contribution in [3.8, 4) is 0 Å². The fraction of sp³-hybridized carbons (Fsp3) is 1.00. The number of hydrogen-bond donors (Lipinski definition) is 3. The maximum Gasteiger partial charge on any atom is 0.0540 e. The van der Waals surface area contributed by atoms with E-state index in [1.807, 2.05) is 0 Å². The van der Waals surface area contributed by atoms with Crippen LogP contribution in [0.2, 0.25) is 0 Å². The molecular formula is C15H32O3. The van der Waals surface area contributed by atoms with Gasteiger partial charge in [-0.25, -0.2) is 0 Å². The average molecular weight is 260 g/mol. The normalized spacial score (nSPS) is 24.3. The van der Waals surface area contributed by atoms with Crippen molar-refractivity contribution in [2.45, 2.75) is 71.8 Å². The van der Waals surface area contributed by atoms with Gasteiger partial charge in [0.05, 0.1) is 6.10 Å². The van der Waals surface area contributed by atoms with Crippen molar-refractivity contribution in [3.63, 3.8) is 0 Å². The molecular weight excluding hydrogens is 228 g/mol. The molecule has 0 heterocycles. The van der Waals surface area contributed by atoms with Crippen molar-refractivity contribution in [1.82, 2.24) is 0 Å². The van der Waals surface area contributed by atoms with E-state index in [0.717, 1.165) is 38.0 Å². The van der Waals surface area contributed by atoms with Gasteiger partial charge in [-0.05, 0) is 56.3 Å². The van der Waals surface area contributed by atoms with E-state index in [1.165, 1.54) is 12.8 Å². The van der Waals surface area contributed by atoms with Gasteiger partial charge in [0.1, 0.15) is 0 Å². The van der Waals surface area contributed by atoms with E-state index in [0.29, 0.717) is 5.41 Å². The minimum atomic E-state index is -0.00593. The molecule has 3 heteroatoms. The SMILES string of the molecule is CC(C)(C)[C@H]1CC[C@H](O)CC1.OCCCCCO. The molecule has 0 aliphatic heterocycles. The van der Waals surface area contributed by atoms with Gasteiger partial charge >= 0.3 is 0 Å². The molecule has 0 aromatic heterocycles. The molecule has 0 aromatic rings. The first-order chi connectivity index (χ1) is 8.41. The fourth-order valence-corrected chi connectivity index (χ4v) is 2.34. The van der Waals surface area contributed by atoms with E-state index >= 15 is 0 Å². The summed E-state index contributed by atoms with van der Waals surface area (Å²) in [6.07, 6.45) is 7.03. The lowest BCUT2D eigenvalue weighted by atomic mass is 9.72. The van der Waals surface area contributed by atoms with Gasteiger partial charge in [-0.2, -0.15) is 0 Å². The van der Waals surface area contributed by atoms with Crippen molar-refractivity contribution in [2.24, 2.45) is 11.3 Å². The summed E-state index contributed by atoms with van der Waals surface area (Å²) in [6, 6.07) is 0. The van der Waals surface area contributed by atoms with E-state index in [-0.39, 0.29) is 19.3 Å². The van der Waals surface area contributed by atoms with Crippen LogP contribution in [-0.4, -0.2) is 34.6 Å². The van der Waals surface area contributed by atoms with Gasteiger partial charge in [0.2, 0.25) is 0 Å². The number of rotatable bonds is 4. The summed E-state index contributed by atoms with van der Waals surface area (Å²) in [5, 5.41) is 25.7. The Bertz CT molecular complexity index is 175. The standard InChI is InChI=1S/C10H20O.C5H12O2/c1-10(2,3)8-4-6-9(11)7-5-8;6-4-2-1-3-5-7/h8-9,11H,4-7H2,1-3H3;6-7H,1-5H2/t8-,9-;. The van der Waals surface area contributed by atoms with Gasteiger partial charge in [0.25, 0.3) is 0 Å². The predicted octanol–water partition coefficient (Wildman–Crippen LogP) is 2.72. The van der Waals surface area contributed by atoms with Gasteiger partial charge < -0.3 is 15.3 Å². The van der Waals surface area contributed by atoms with Crippen LogP contribution in [0.25, 0.3) is 0 Å². The first-order valence-corrected chi connectivity index (χ1v) is 7.31. The van der Waals surface area contributed by atoms with Crippen molar-refractivity contribution in [3.05, 3.63) is 0 Å². The lowest BCUT2D eigenvalue weighted by Crippen LogP contribution is -2.27. The smallest absolute Gasteiger partial charge is 0.0540 e. The Morgan fingerprint density at radius 3 is 1.61 bits per heavy atom. The Morgan fingerprint density at radius 1 is 0.833 bits per heavy atom. The molecule has 0 saturated heterocycles. The number of unbranched alkanes of at least 4 members (excludes halogenated alkanes) is 2. The highest BCUT2D eigenvalue weighted by Gasteiger charge is 2.28. The minimum Gasteiger partial charge on any atom is -0.396 e. The maximum atomic E-state index is 9.29. The van der Waals surface area contributed by atoms with Gasteiger partial charge in [0, 0.05) is 13.2 Å². The van der Waals surface area contributed by atoms with Crippen LogP contribution in [-0.2, 0) is 0 Å². The second kappa shape index (κ2) is 9.76. The zero-order valence-electron chi connectivity index (χ0n) is 12.4. The maximum absolute atomic E-state index is 9.29. The molecule has 0 unspecified atom stereocenters. The summed E-state index contributed by atoms with van der Waals surface area (Å²) < 4.78 is 0. The summed E-state index contributed by atoms with van der Waals surface area (Å²) in [6.45, 7) is 7.40. The van der Waals surface area contributed by atoms with Gasteiger partial charge in [-0.3, -0.25) is 0 Å². The third-order valence-electron chi connectivity index (χ3n) is 3.74. The molecule has 1 fully saturated rings. The van der Waals surface area contributed by atoms with Crippen LogP contribution in [0.4, 0.5) is 0 Å². The van der Waals surface area contributed by atoms with Gasteiger partial charge in [-0.1, -0.05) is 20.8 Å². The Balaban J connectivity index is 0.000000360. The molecule has 3 nitrogen and oxygen atoms in total. The van der Waals surface area contributed by atoms with E-state index in [2.05, 4.69) is 20.8 Å². The van der Waals surface area contributed by atoms with E-state index < -0.39 is 0 Å². The highest BCUT2D eigenvalue weighted by Crippen LogP contribution is 2.37. The molecule has 3 N–H and O–H groups in total. The average Bonchev–Trinajstić information content (AvgIpc) is 2.30. The van der Waals surface area contributed by atoms with Crippen LogP contribution in [0, 0.1) is 11.3 Å². The molecule has 1 aliphatic carbocycles. The first kappa shape index (κ1) is 17.9. The van der Waals surface area contributed by atoms with Crippen LogP contribution < -0.4 is 0 Å². The fourth-order valence-electron chi connectivity index (χ4n) is 2.34. The van der Waals surface area contributed by atoms with Crippen molar-refractivity contribution in [2.75, 3.05) is 13.2 Å². The predicted molar refractivity (Wildman–Crippen MR) is 75.4 cm³/mol. The van der Waals surface area contributed by atoms with Crippen LogP contribution in [0.15, 0.2) is 0 Å². The van der Waals surface area contributed by atoms with E-state index in [9.17, 15) is 5.11 Å². The zero-order valence-corrected chi connectivity index (χ0v) is 12.4. The monoisotopic (exact) mass is 260 g/mol. The summed E-state index contributed by atoms with van der Waals surface area (Å²) in [7, 11) is 0. The largest absolute Gasteiger partial charge is 0.396 e. The highest BCUT2D eigenvalue weighted by molar-refractivity contribution is 4.79. The van der Waals surface area contributed by atoms with Crippen molar-refractivity contribution in [1.29, 1.82) is 0 Å². The molecule has 110 valence electrons. The lowest BCUT2D eigenvalue weighted by Gasteiger charge is -2.35. The van der Waals surface area contributed by atoms with E-state index in [1.54, 1.807) is 0 Å². The second-order valence-corrected chi connectivity index (χ2v) is 6.38. The van der Waals surface area contributed by atoms with Crippen LogP contribution in [0.5, 0.6) is 0 Å². The molecule has 0 atom stereocenters. The van der Waals surface area contributed by atoms with Crippen LogP contribution in [0.1, 0.15) is 65.7 Å². The van der Waals surface area contributed by atoms with Crippen LogP contribution in [0.3, 0.4) is 0 Å². The topological polar surface area (TPSA) is 60.7 Å². The molecule has 18 heavy (non-hydrogen) atoms. The Hall–Kier alpha value is -0.120. The Labute approximate surface area is 112 Å². The number of aliphatic hydroxyl groups excluding tert-OH is 3. The molecule has 1 rings (SSSR count). The summed E-state index contributed by atoms with van der Waals surface area (Å²) in [5.41, 5.74) is 0.445. The van der Waals surface area contributed by atoms with E-state index in [4.69, 9.17) is 10.2 Å². The molecule has 0 aromatic carbocycles. The Kier molecular flexibility index (Phi) is 9.70. The van der Waals surface area contributed by atoms with Crippen LogP contribution >= 0.6 is 0 Å². The summed E-state index contributed by atoms with van der Waals surface area (Å²) in [4.78, 5) is 0. The van der Waals surface area contributed by atoms with Crippen molar-refractivity contribution >= 4 is 0 Å². The lowest BCUT2D eigenvalue weighted by molar-refractivity contribution is 0.0725. The first-order valence-electron chi connectivity index (χ1n) is 7.31. The second-order valence-electron chi connectivity index (χ2n) is 6.38.